The van der Waals surface area contributed by atoms with Crippen molar-refractivity contribution < 1.29 is 4.79 Å². The Morgan fingerprint density at radius 2 is 1.96 bits per heavy atom. The number of aryl methyl sites for hydroxylation is 1. The number of thiazole rings is 1. The summed E-state index contributed by atoms with van der Waals surface area (Å²) in [4.78, 5) is 27.4. The van der Waals surface area contributed by atoms with Gasteiger partial charge in [-0.05, 0) is 24.4 Å². The molecule has 5 nitrogen and oxygen atoms in total. The molecule has 134 valence electrons. The van der Waals surface area contributed by atoms with Crippen LogP contribution in [-0.2, 0) is 6.54 Å². The minimum absolute atomic E-state index is 0.132. The van der Waals surface area contributed by atoms with Gasteiger partial charge in [0.15, 0.2) is 0 Å². The number of benzene rings is 1. The molecule has 1 amide bonds. The van der Waals surface area contributed by atoms with Crippen molar-refractivity contribution in [1.82, 2.24) is 20.3 Å². The summed E-state index contributed by atoms with van der Waals surface area (Å²) in [6.07, 6.45) is 1.52. The minimum Gasteiger partial charge on any atom is -0.346 e. The molecule has 0 bridgehead atoms. The second kappa shape index (κ2) is 7.77. The lowest BCUT2D eigenvalue weighted by atomic mass is 10.1. The van der Waals surface area contributed by atoms with Crippen LogP contribution in [0.25, 0.3) is 21.1 Å². The summed E-state index contributed by atoms with van der Waals surface area (Å²) in [5.41, 5.74) is 3.36. The Morgan fingerprint density at radius 1 is 1.11 bits per heavy atom. The molecule has 0 aliphatic carbocycles. The van der Waals surface area contributed by atoms with Crippen LogP contribution in [0.1, 0.15) is 21.1 Å². The SMILES string of the molecule is Cc1nc(-c2cccs2)sc1C(=O)NCc1cc(-c2ccccc2)ncn1. The highest BCUT2D eigenvalue weighted by molar-refractivity contribution is 7.22. The van der Waals surface area contributed by atoms with Gasteiger partial charge in [0, 0.05) is 5.56 Å². The number of nitrogens with zero attached hydrogens (tertiary/aromatic N) is 3. The van der Waals surface area contributed by atoms with Crippen LogP contribution in [0.4, 0.5) is 0 Å². The third kappa shape index (κ3) is 3.94. The van der Waals surface area contributed by atoms with Crippen LogP contribution in [0, 0.1) is 6.92 Å². The van der Waals surface area contributed by atoms with Gasteiger partial charge in [-0.15, -0.1) is 22.7 Å². The van der Waals surface area contributed by atoms with Crippen molar-refractivity contribution in [2.75, 3.05) is 0 Å². The van der Waals surface area contributed by atoms with Crippen LogP contribution in [0.3, 0.4) is 0 Å². The molecule has 7 heteroatoms. The fourth-order valence-electron chi connectivity index (χ4n) is 2.62. The van der Waals surface area contributed by atoms with Gasteiger partial charge < -0.3 is 5.32 Å². The molecule has 0 unspecified atom stereocenters. The van der Waals surface area contributed by atoms with E-state index < -0.39 is 0 Å². The summed E-state index contributed by atoms with van der Waals surface area (Å²) in [5, 5.41) is 5.82. The second-order valence-electron chi connectivity index (χ2n) is 5.85. The van der Waals surface area contributed by atoms with E-state index in [1.165, 1.54) is 17.7 Å². The third-order valence-electron chi connectivity index (χ3n) is 3.96. The van der Waals surface area contributed by atoms with E-state index in [0.29, 0.717) is 11.4 Å². The maximum Gasteiger partial charge on any atom is 0.263 e. The van der Waals surface area contributed by atoms with E-state index in [0.717, 1.165) is 32.5 Å². The fourth-order valence-corrected chi connectivity index (χ4v) is 4.40. The summed E-state index contributed by atoms with van der Waals surface area (Å²) < 4.78 is 0. The average Bonchev–Trinajstić information content (AvgIpc) is 3.37. The lowest BCUT2D eigenvalue weighted by molar-refractivity contribution is 0.0953. The first kappa shape index (κ1) is 17.5. The molecule has 0 radical (unpaired) electrons. The van der Waals surface area contributed by atoms with E-state index in [-0.39, 0.29) is 5.91 Å². The number of nitrogens with one attached hydrogen (secondary N) is 1. The number of hydrogen-bond acceptors (Lipinski definition) is 6. The van der Waals surface area contributed by atoms with Gasteiger partial charge in [-0.2, -0.15) is 0 Å². The van der Waals surface area contributed by atoms with Gasteiger partial charge in [0.05, 0.1) is 28.5 Å². The Bertz CT molecular complexity index is 1060. The van der Waals surface area contributed by atoms with Crippen LogP contribution in [0.5, 0.6) is 0 Å². The zero-order chi connectivity index (χ0) is 18.6. The summed E-state index contributed by atoms with van der Waals surface area (Å²) >= 11 is 3.03. The first-order chi connectivity index (χ1) is 13.2. The lowest BCUT2D eigenvalue weighted by Crippen LogP contribution is -2.23. The zero-order valence-electron chi connectivity index (χ0n) is 14.5. The molecule has 4 rings (SSSR count). The number of carbonyl (C=O) groups excluding carboxylic acids is 1. The molecule has 3 heterocycles. The molecule has 1 N–H and O–H groups in total. The Balaban J connectivity index is 1.47. The highest BCUT2D eigenvalue weighted by Crippen LogP contribution is 2.31. The van der Waals surface area contributed by atoms with Gasteiger partial charge in [0.25, 0.3) is 5.91 Å². The predicted molar refractivity (Wildman–Crippen MR) is 109 cm³/mol. The molecule has 0 aliphatic heterocycles. The predicted octanol–water partition coefficient (Wildman–Crippen LogP) is 4.57. The van der Waals surface area contributed by atoms with E-state index in [4.69, 9.17) is 0 Å². The lowest BCUT2D eigenvalue weighted by Gasteiger charge is -2.06. The monoisotopic (exact) mass is 392 g/mol. The van der Waals surface area contributed by atoms with E-state index >= 15 is 0 Å². The van der Waals surface area contributed by atoms with Gasteiger partial charge in [-0.25, -0.2) is 15.0 Å². The van der Waals surface area contributed by atoms with Gasteiger partial charge in [0.2, 0.25) is 0 Å². The average molecular weight is 393 g/mol. The minimum atomic E-state index is -0.132. The normalized spacial score (nSPS) is 10.7. The van der Waals surface area contributed by atoms with Crippen molar-refractivity contribution in [2.24, 2.45) is 0 Å². The Hall–Kier alpha value is -2.90. The molecule has 0 saturated carbocycles. The van der Waals surface area contributed by atoms with Crippen molar-refractivity contribution in [1.29, 1.82) is 0 Å². The smallest absolute Gasteiger partial charge is 0.263 e. The summed E-state index contributed by atoms with van der Waals surface area (Å²) in [5.74, 6) is -0.132. The highest BCUT2D eigenvalue weighted by atomic mass is 32.1. The van der Waals surface area contributed by atoms with Crippen LogP contribution in [0.15, 0.2) is 60.2 Å². The number of hydrogen-bond donors (Lipinski definition) is 1. The molecule has 0 atom stereocenters. The molecule has 3 aromatic heterocycles. The molecular weight excluding hydrogens is 376 g/mol. The number of aromatic nitrogens is 3. The maximum absolute atomic E-state index is 12.6. The number of rotatable bonds is 5. The van der Waals surface area contributed by atoms with E-state index in [2.05, 4.69) is 20.3 Å². The molecule has 0 saturated heterocycles. The number of thiophene rings is 1. The van der Waals surface area contributed by atoms with E-state index in [1.54, 1.807) is 11.3 Å². The topological polar surface area (TPSA) is 67.8 Å². The summed E-state index contributed by atoms with van der Waals surface area (Å²) in [7, 11) is 0. The third-order valence-corrected chi connectivity index (χ3v) is 6.15. The molecule has 0 aliphatic rings. The first-order valence-corrected chi connectivity index (χ1v) is 10.1. The van der Waals surface area contributed by atoms with Crippen molar-refractivity contribution in [3.8, 4) is 21.1 Å². The maximum atomic E-state index is 12.6. The van der Waals surface area contributed by atoms with Crippen molar-refractivity contribution in [2.45, 2.75) is 13.5 Å². The van der Waals surface area contributed by atoms with Crippen molar-refractivity contribution in [3.63, 3.8) is 0 Å². The van der Waals surface area contributed by atoms with Crippen LogP contribution >= 0.6 is 22.7 Å². The Morgan fingerprint density at radius 3 is 2.74 bits per heavy atom. The molecule has 1 aromatic carbocycles. The van der Waals surface area contributed by atoms with Crippen molar-refractivity contribution >= 4 is 28.6 Å². The molecule has 0 spiro atoms. The van der Waals surface area contributed by atoms with Crippen LogP contribution in [-0.4, -0.2) is 20.9 Å². The van der Waals surface area contributed by atoms with Gasteiger partial charge in [-0.3, -0.25) is 4.79 Å². The van der Waals surface area contributed by atoms with Gasteiger partial charge in [-0.1, -0.05) is 36.4 Å². The quantitative estimate of drug-likeness (QED) is 0.540. The summed E-state index contributed by atoms with van der Waals surface area (Å²) in [6, 6.07) is 15.8. The fraction of sp³-hybridized carbons (Fsp3) is 0.100. The van der Waals surface area contributed by atoms with Crippen molar-refractivity contribution in [3.05, 3.63) is 76.5 Å². The molecule has 0 fully saturated rings. The second-order valence-corrected chi connectivity index (χ2v) is 7.80. The standard InChI is InChI=1S/C20H16N4OS2/c1-13-18(27-20(24-13)17-8-5-9-26-17)19(25)21-11-15-10-16(23-12-22-15)14-6-3-2-4-7-14/h2-10,12H,11H2,1H3,(H,21,25). The number of amides is 1. The van der Waals surface area contributed by atoms with Gasteiger partial charge >= 0.3 is 0 Å². The van der Waals surface area contributed by atoms with Gasteiger partial charge in [0.1, 0.15) is 16.2 Å². The van der Waals surface area contributed by atoms with Crippen LogP contribution < -0.4 is 5.32 Å². The molecular formula is C20H16N4OS2. The summed E-state index contributed by atoms with van der Waals surface area (Å²) in [6.45, 7) is 2.20. The Kier molecular flexibility index (Phi) is 5.04. The molecule has 4 aromatic rings. The largest absolute Gasteiger partial charge is 0.346 e. The number of carbonyl (C=O) groups is 1. The van der Waals surface area contributed by atoms with E-state index in [9.17, 15) is 4.79 Å². The van der Waals surface area contributed by atoms with Crippen LogP contribution in [0.2, 0.25) is 0 Å². The molecule has 27 heavy (non-hydrogen) atoms. The van der Waals surface area contributed by atoms with E-state index in [1.807, 2.05) is 60.8 Å². The zero-order valence-corrected chi connectivity index (χ0v) is 16.2. The Labute approximate surface area is 164 Å². The highest BCUT2D eigenvalue weighted by Gasteiger charge is 2.16. The first-order valence-electron chi connectivity index (χ1n) is 8.36.